The van der Waals surface area contributed by atoms with Gasteiger partial charge in [-0.05, 0) is 24.6 Å². The summed E-state index contributed by atoms with van der Waals surface area (Å²) in [6, 6.07) is 15.8. The minimum absolute atomic E-state index is 0.0420. The number of hydrazone groups is 1. The molecule has 1 aromatic heterocycles. The van der Waals surface area contributed by atoms with Gasteiger partial charge in [-0.2, -0.15) is 10.2 Å². The van der Waals surface area contributed by atoms with Crippen molar-refractivity contribution in [3.8, 4) is 5.69 Å². The first-order chi connectivity index (χ1) is 14.5. The van der Waals surface area contributed by atoms with Crippen LogP contribution in [0.15, 0.2) is 59.7 Å². The number of hydrogen-bond acceptors (Lipinski definition) is 6. The van der Waals surface area contributed by atoms with Crippen LogP contribution in [0.4, 0.5) is 5.69 Å². The van der Waals surface area contributed by atoms with Crippen molar-refractivity contribution in [1.82, 2.24) is 15.2 Å². The van der Waals surface area contributed by atoms with Gasteiger partial charge in [0.2, 0.25) is 5.91 Å². The lowest BCUT2D eigenvalue weighted by molar-refractivity contribution is -0.384. The van der Waals surface area contributed by atoms with E-state index in [2.05, 4.69) is 15.6 Å². The van der Waals surface area contributed by atoms with Gasteiger partial charge in [0.05, 0.1) is 33.8 Å². The van der Waals surface area contributed by atoms with Crippen molar-refractivity contribution in [2.75, 3.05) is 5.75 Å². The first-order valence-corrected chi connectivity index (χ1v) is 10.4. The van der Waals surface area contributed by atoms with Gasteiger partial charge >= 0.3 is 0 Å². The molecule has 2 aromatic carbocycles. The molecule has 154 valence electrons. The quantitative estimate of drug-likeness (QED) is 0.320. The normalized spacial score (nSPS) is 11.0. The third-order valence-electron chi connectivity index (χ3n) is 4.15. The Hall–Kier alpha value is -3.17. The van der Waals surface area contributed by atoms with Crippen LogP contribution in [0.1, 0.15) is 16.8 Å². The molecule has 10 heteroatoms. The number of hydrogen-bond donors (Lipinski definition) is 1. The maximum Gasteiger partial charge on any atom is 0.269 e. The Morgan fingerprint density at radius 3 is 2.63 bits per heavy atom. The highest BCUT2D eigenvalue weighted by Gasteiger charge is 2.12. The van der Waals surface area contributed by atoms with Crippen LogP contribution in [0.25, 0.3) is 5.69 Å². The number of halogens is 1. The van der Waals surface area contributed by atoms with Crippen molar-refractivity contribution >= 4 is 41.2 Å². The van der Waals surface area contributed by atoms with Gasteiger partial charge in [0.1, 0.15) is 0 Å². The molecule has 0 aliphatic rings. The van der Waals surface area contributed by atoms with Crippen LogP contribution in [-0.2, 0) is 10.5 Å². The Bertz CT molecular complexity index is 1070. The van der Waals surface area contributed by atoms with Gasteiger partial charge < -0.3 is 0 Å². The molecule has 0 radical (unpaired) electrons. The number of aromatic nitrogens is 2. The Morgan fingerprint density at radius 1 is 1.27 bits per heavy atom. The Balaban J connectivity index is 1.51. The molecule has 1 heterocycles. The molecule has 0 aliphatic carbocycles. The van der Waals surface area contributed by atoms with E-state index in [-0.39, 0.29) is 17.3 Å². The second kappa shape index (κ2) is 10.0. The van der Waals surface area contributed by atoms with E-state index < -0.39 is 4.92 Å². The smallest absolute Gasteiger partial charge is 0.269 e. The van der Waals surface area contributed by atoms with Crippen molar-refractivity contribution in [2.24, 2.45) is 5.10 Å². The van der Waals surface area contributed by atoms with Crippen LogP contribution in [0.2, 0.25) is 5.15 Å². The molecule has 1 N–H and O–H groups in total. The van der Waals surface area contributed by atoms with E-state index in [1.165, 1.54) is 30.1 Å². The predicted octanol–water partition coefficient (Wildman–Crippen LogP) is 4.13. The van der Waals surface area contributed by atoms with E-state index in [1.807, 2.05) is 37.3 Å². The average molecular weight is 444 g/mol. The first-order valence-electron chi connectivity index (χ1n) is 8.89. The lowest BCUT2D eigenvalue weighted by atomic mass is 10.2. The van der Waals surface area contributed by atoms with Crippen molar-refractivity contribution in [2.45, 2.75) is 12.7 Å². The summed E-state index contributed by atoms with van der Waals surface area (Å²) in [5.41, 5.74) is 5.72. The van der Waals surface area contributed by atoms with E-state index in [0.29, 0.717) is 16.5 Å². The minimum atomic E-state index is -0.445. The second-order valence-corrected chi connectivity index (χ2v) is 7.59. The number of carbonyl (C=O) groups excluding carboxylic acids is 1. The van der Waals surface area contributed by atoms with Crippen LogP contribution >= 0.6 is 23.4 Å². The van der Waals surface area contributed by atoms with E-state index in [9.17, 15) is 14.9 Å². The largest absolute Gasteiger partial charge is 0.272 e. The summed E-state index contributed by atoms with van der Waals surface area (Å²) >= 11 is 7.60. The van der Waals surface area contributed by atoms with Crippen molar-refractivity contribution in [1.29, 1.82) is 0 Å². The van der Waals surface area contributed by atoms with Gasteiger partial charge in [0.25, 0.3) is 5.69 Å². The predicted molar refractivity (Wildman–Crippen MR) is 118 cm³/mol. The van der Waals surface area contributed by atoms with Crippen molar-refractivity contribution in [3.05, 3.63) is 86.7 Å². The van der Waals surface area contributed by atoms with Crippen LogP contribution < -0.4 is 5.43 Å². The highest BCUT2D eigenvalue weighted by Crippen LogP contribution is 2.20. The van der Waals surface area contributed by atoms with Crippen molar-refractivity contribution in [3.63, 3.8) is 0 Å². The number of nitrogens with one attached hydrogen (secondary N) is 1. The molecule has 3 rings (SSSR count). The molecule has 0 aliphatic heterocycles. The number of nitro benzene ring substituents is 1. The third-order valence-corrected chi connectivity index (χ3v) is 5.43. The number of nitrogens with zero attached hydrogens (tertiary/aromatic N) is 4. The number of carbonyl (C=O) groups is 1. The number of nitro groups is 1. The molecule has 3 aromatic rings. The Morgan fingerprint density at radius 2 is 1.97 bits per heavy atom. The number of amides is 1. The Kier molecular flexibility index (Phi) is 7.21. The van der Waals surface area contributed by atoms with Crippen LogP contribution in [0, 0.1) is 17.0 Å². The summed E-state index contributed by atoms with van der Waals surface area (Å²) in [6.45, 7) is 1.87. The van der Waals surface area contributed by atoms with Gasteiger partial charge in [-0.15, -0.1) is 11.8 Å². The average Bonchev–Trinajstić information content (AvgIpc) is 3.03. The molecular weight excluding hydrogens is 426 g/mol. The second-order valence-electron chi connectivity index (χ2n) is 6.25. The molecule has 0 atom stereocenters. The lowest BCUT2D eigenvalue weighted by Crippen LogP contribution is -2.19. The maximum absolute atomic E-state index is 12.0. The number of rotatable bonds is 8. The number of thioether (sulfide) groups is 1. The Labute approximate surface area is 182 Å². The molecule has 0 fully saturated rings. The van der Waals surface area contributed by atoms with Gasteiger partial charge in [-0.25, -0.2) is 10.1 Å². The molecule has 0 saturated carbocycles. The zero-order chi connectivity index (χ0) is 21.5. The molecule has 1 amide bonds. The maximum atomic E-state index is 12.0. The standard InChI is InChI=1S/C20H18ClN5O3S/c1-14-18(20(21)24-25(14)16-5-3-2-4-6-16)11-22-23-19(27)13-30-12-15-7-9-17(10-8-15)26(28)29/h2-11H,12-13H2,1H3,(H,23,27)/b22-11-. The first kappa shape index (κ1) is 21.5. The molecule has 0 bridgehead atoms. The van der Waals surface area contributed by atoms with Gasteiger partial charge in [0.15, 0.2) is 5.15 Å². The van der Waals surface area contributed by atoms with Crippen LogP contribution in [0.3, 0.4) is 0 Å². The van der Waals surface area contributed by atoms with Crippen LogP contribution in [-0.4, -0.2) is 32.6 Å². The molecule has 0 saturated heterocycles. The summed E-state index contributed by atoms with van der Waals surface area (Å²) in [5, 5.41) is 19.2. The summed E-state index contributed by atoms with van der Waals surface area (Å²) in [7, 11) is 0. The molecule has 0 spiro atoms. The number of para-hydroxylation sites is 1. The van der Waals surface area contributed by atoms with Crippen molar-refractivity contribution < 1.29 is 9.72 Å². The van der Waals surface area contributed by atoms with Gasteiger partial charge in [0, 0.05) is 17.9 Å². The summed E-state index contributed by atoms with van der Waals surface area (Å²) in [6.07, 6.45) is 1.48. The molecular formula is C20H18ClN5O3S. The summed E-state index contributed by atoms with van der Waals surface area (Å²) < 4.78 is 1.71. The highest BCUT2D eigenvalue weighted by atomic mass is 35.5. The summed E-state index contributed by atoms with van der Waals surface area (Å²) in [4.78, 5) is 22.2. The number of benzene rings is 2. The topological polar surface area (TPSA) is 102 Å². The molecule has 0 unspecified atom stereocenters. The SMILES string of the molecule is Cc1c(/C=N\NC(=O)CSCc2ccc([N+](=O)[O-])cc2)c(Cl)nn1-c1ccccc1. The van der Waals surface area contributed by atoms with Crippen LogP contribution in [0.5, 0.6) is 0 Å². The monoisotopic (exact) mass is 443 g/mol. The fourth-order valence-corrected chi connectivity index (χ4v) is 3.67. The van der Waals surface area contributed by atoms with E-state index >= 15 is 0 Å². The zero-order valence-electron chi connectivity index (χ0n) is 16.0. The fraction of sp³-hybridized carbons (Fsp3) is 0.150. The molecule has 30 heavy (non-hydrogen) atoms. The van der Waals surface area contributed by atoms with E-state index in [4.69, 9.17) is 11.6 Å². The lowest BCUT2D eigenvalue weighted by Gasteiger charge is -2.03. The van der Waals surface area contributed by atoms with E-state index in [1.54, 1.807) is 16.8 Å². The molecule has 8 nitrogen and oxygen atoms in total. The van der Waals surface area contributed by atoms with Gasteiger partial charge in [-0.3, -0.25) is 14.9 Å². The zero-order valence-corrected chi connectivity index (χ0v) is 17.6. The third kappa shape index (κ3) is 5.46. The fourth-order valence-electron chi connectivity index (χ4n) is 2.62. The highest BCUT2D eigenvalue weighted by molar-refractivity contribution is 7.99. The van der Waals surface area contributed by atoms with E-state index in [0.717, 1.165) is 16.9 Å². The number of non-ortho nitro benzene ring substituents is 1. The summed E-state index contributed by atoms with van der Waals surface area (Å²) in [5.74, 6) is 0.496. The minimum Gasteiger partial charge on any atom is -0.272 e. The van der Waals surface area contributed by atoms with Gasteiger partial charge in [-0.1, -0.05) is 41.9 Å².